The summed E-state index contributed by atoms with van der Waals surface area (Å²) in [5.74, 6) is 0. The summed E-state index contributed by atoms with van der Waals surface area (Å²) < 4.78 is 0. The fraction of sp³-hybridized carbons (Fsp3) is 0.0400. The van der Waals surface area contributed by atoms with E-state index in [1.807, 2.05) is 182 Å². The lowest BCUT2D eigenvalue weighted by molar-refractivity contribution is 0.128. The van der Waals surface area contributed by atoms with E-state index in [2.05, 4.69) is 124 Å². The Kier molecular flexibility index (Phi) is 10.3. The first-order valence-electron chi connectivity index (χ1n) is 27.6. The minimum atomic E-state index is -1.60. The van der Waals surface area contributed by atoms with Crippen molar-refractivity contribution in [3.05, 3.63) is 341 Å². The highest BCUT2D eigenvalue weighted by Gasteiger charge is 2.53. The van der Waals surface area contributed by atoms with Crippen molar-refractivity contribution in [1.82, 2.24) is 0 Å². The summed E-state index contributed by atoms with van der Waals surface area (Å²) in [6.07, 6.45) is 0. The van der Waals surface area contributed by atoms with E-state index < -0.39 is 16.8 Å². The van der Waals surface area contributed by atoms with Crippen molar-refractivity contribution in [2.45, 2.75) is 16.8 Å². The van der Waals surface area contributed by atoms with Crippen molar-refractivity contribution in [3.63, 3.8) is 0 Å². The van der Waals surface area contributed by atoms with Crippen molar-refractivity contribution >= 4 is 83.5 Å². The van der Waals surface area contributed by atoms with E-state index in [4.69, 9.17) is 0 Å². The zero-order chi connectivity index (χ0) is 54.0. The molecule has 0 saturated carbocycles. The van der Waals surface area contributed by atoms with E-state index in [1.54, 1.807) is 0 Å². The molecule has 13 aromatic rings. The number of hydrogen-bond acceptors (Lipinski definition) is 6. The summed E-state index contributed by atoms with van der Waals surface area (Å²) >= 11 is 0. The Hall–Kier alpha value is -10.1. The van der Waals surface area contributed by atoms with Gasteiger partial charge in [0.2, 0.25) is 0 Å². The molecule has 6 nitrogen and oxygen atoms in total. The molecule has 0 heterocycles. The minimum Gasteiger partial charge on any atom is -0.376 e. The molecular weight excluding hydrogens is 991 g/mol. The van der Waals surface area contributed by atoms with Gasteiger partial charge in [-0.05, 0) is 158 Å². The first-order chi connectivity index (χ1) is 39.8. The lowest BCUT2D eigenvalue weighted by atomic mass is 9.80. The Bertz CT molecular complexity index is 3870. The number of anilines is 9. The molecule has 3 N–H and O–H groups in total. The second kappa shape index (κ2) is 17.7. The molecule has 384 valence electrons. The maximum Gasteiger partial charge on any atom is 0.141 e. The van der Waals surface area contributed by atoms with Gasteiger partial charge in [0.05, 0.1) is 0 Å². The van der Waals surface area contributed by atoms with Gasteiger partial charge < -0.3 is 30.0 Å². The third-order valence-electron chi connectivity index (χ3n) is 17.4. The van der Waals surface area contributed by atoms with Crippen LogP contribution < -0.4 is 14.7 Å². The molecule has 16 rings (SSSR count). The van der Waals surface area contributed by atoms with Crippen LogP contribution in [0.2, 0.25) is 0 Å². The summed E-state index contributed by atoms with van der Waals surface area (Å²) in [4.78, 5) is 6.67. The van der Waals surface area contributed by atoms with Crippen LogP contribution in [0.4, 0.5) is 51.2 Å². The van der Waals surface area contributed by atoms with Crippen molar-refractivity contribution in [2.75, 3.05) is 14.7 Å². The van der Waals surface area contributed by atoms with E-state index >= 15 is 0 Å². The molecule has 81 heavy (non-hydrogen) atoms. The Morgan fingerprint density at radius 3 is 0.481 bits per heavy atom. The maximum atomic E-state index is 14.0. The molecule has 0 aliphatic heterocycles. The zero-order valence-electron chi connectivity index (χ0n) is 43.9. The molecule has 0 fully saturated rings. The van der Waals surface area contributed by atoms with Crippen LogP contribution in [0, 0.1) is 0 Å². The van der Waals surface area contributed by atoms with Crippen molar-refractivity contribution < 1.29 is 15.3 Å². The normalized spacial score (nSPS) is 18.0. The second-order valence-corrected chi connectivity index (χ2v) is 21.5. The van der Waals surface area contributed by atoms with Crippen LogP contribution in [0.5, 0.6) is 0 Å². The predicted octanol–water partition coefficient (Wildman–Crippen LogP) is 17.3. The lowest BCUT2D eigenvalue weighted by Gasteiger charge is -2.30. The average molecular weight is 1040 g/mol. The van der Waals surface area contributed by atoms with Gasteiger partial charge >= 0.3 is 0 Å². The fourth-order valence-electron chi connectivity index (χ4n) is 13.9. The maximum absolute atomic E-state index is 14.0. The Balaban J connectivity index is 0.895. The molecule has 13 aromatic carbocycles. The van der Waals surface area contributed by atoms with Gasteiger partial charge in [0.1, 0.15) is 16.8 Å². The molecule has 0 bridgehead atoms. The van der Waals surface area contributed by atoms with Crippen LogP contribution in [0.25, 0.3) is 32.3 Å². The van der Waals surface area contributed by atoms with Gasteiger partial charge in [-0.3, -0.25) is 0 Å². The van der Waals surface area contributed by atoms with Gasteiger partial charge in [-0.15, -0.1) is 0 Å². The summed E-state index contributed by atoms with van der Waals surface area (Å²) in [7, 11) is 0. The van der Waals surface area contributed by atoms with E-state index in [0.717, 1.165) is 117 Å². The van der Waals surface area contributed by atoms with Gasteiger partial charge in [0.25, 0.3) is 0 Å². The molecular formula is C75H51N3O3. The predicted molar refractivity (Wildman–Crippen MR) is 329 cm³/mol. The monoisotopic (exact) mass is 1040 g/mol. The van der Waals surface area contributed by atoms with Crippen LogP contribution in [0.3, 0.4) is 0 Å². The highest BCUT2D eigenvalue weighted by Crippen LogP contribution is 2.65. The van der Waals surface area contributed by atoms with Crippen LogP contribution in [-0.2, 0) is 16.8 Å². The number of hydrogen-bond donors (Lipinski definition) is 3. The molecule has 6 heteroatoms. The van der Waals surface area contributed by atoms with Gasteiger partial charge in [-0.1, -0.05) is 182 Å². The number of benzene rings is 13. The Labute approximate surface area is 469 Å². The number of aliphatic hydroxyl groups is 3. The average Bonchev–Trinajstić information content (AvgIpc) is 2.99. The van der Waals surface area contributed by atoms with E-state index in [-0.39, 0.29) is 0 Å². The highest BCUT2D eigenvalue weighted by atomic mass is 16.3. The largest absolute Gasteiger partial charge is 0.376 e. The van der Waals surface area contributed by atoms with Gasteiger partial charge in [0.15, 0.2) is 0 Å². The highest BCUT2D eigenvalue weighted by molar-refractivity contribution is 6.35. The molecule has 0 aromatic heterocycles. The first-order valence-corrected chi connectivity index (χ1v) is 27.6. The molecule has 0 saturated heterocycles. The first kappa shape index (κ1) is 47.0. The lowest BCUT2D eigenvalue weighted by Crippen LogP contribution is -2.28. The Morgan fingerprint density at radius 2 is 0.321 bits per heavy atom. The molecule has 0 unspecified atom stereocenters. The third-order valence-corrected chi connectivity index (χ3v) is 17.4. The fourth-order valence-corrected chi connectivity index (χ4v) is 13.9. The third kappa shape index (κ3) is 6.61. The summed E-state index contributed by atoms with van der Waals surface area (Å²) in [5.41, 5.74) is 10.8. The topological polar surface area (TPSA) is 70.4 Å². The number of rotatable bonds is 12. The summed E-state index contributed by atoms with van der Waals surface area (Å²) in [6.45, 7) is 0. The van der Waals surface area contributed by atoms with E-state index in [1.165, 1.54) is 0 Å². The smallest absolute Gasteiger partial charge is 0.141 e. The second-order valence-electron chi connectivity index (χ2n) is 21.5. The Morgan fingerprint density at radius 1 is 0.173 bits per heavy atom. The van der Waals surface area contributed by atoms with Crippen LogP contribution in [0.1, 0.15) is 50.1 Å². The van der Waals surface area contributed by atoms with Crippen molar-refractivity contribution in [2.24, 2.45) is 0 Å². The molecule has 3 aliphatic rings. The number of para-hydroxylation sites is 6. The summed E-state index contributed by atoms with van der Waals surface area (Å²) in [5, 5.41) is 47.3. The zero-order valence-corrected chi connectivity index (χ0v) is 43.9. The molecule has 3 aliphatic carbocycles. The standard InChI is InChI=1S/C75H51N3O3/c79-73(49-31-37-58(38-32-49)76(52-19-7-1-8-20-52)53-21-9-2-10-22-53)61-43-45-63-69-67(61)68-62(73)44-46-64-70(68)72-66(75(64,81)51-35-41-60(42-36-51)78(56-27-15-5-16-28-56)57-29-17-6-18-30-57)48-47-65(71(69)72)74(63,80)50-33-39-59(40-34-50)77(54-23-11-3-12-24-54)55-25-13-4-14-26-55/h1-48,79-81H. The van der Waals surface area contributed by atoms with Crippen LogP contribution >= 0.6 is 0 Å². The van der Waals surface area contributed by atoms with Gasteiger partial charge in [-0.2, -0.15) is 0 Å². The van der Waals surface area contributed by atoms with Crippen molar-refractivity contribution in [3.8, 4) is 0 Å². The molecule has 0 atom stereocenters. The SMILES string of the molecule is OC1(c2ccc(N(c3ccccc3)c3ccccc3)cc2)c2ccc3c4c2c2c1ccc1c2c2c(ccc(c42)C3(O)c2ccc(N(c3ccccc3)c3ccccc3)cc2)C1(O)c1ccc(N(c2ccccc2)c2ccccc2)cc1. The molecule has 0 amide bonds. The number of nitrogens with zero attached hydrogens (tertiary/aromatic N) is 3. The molecule has 0 spiro atoms. The minimum absolute atomic E-state index is 0.717. The van der Waals surface area contributed by atoms with E-state index in [0.29, 0.717) is 16.7 Å². The quantitative estimate of drug-likeness (QED) is 0.106. The van der Waals surface area contributed by atoms with Crippen molar-refractivity contribution in [1.29, 1.82) is 0 Å². The van der Waals surface area contributed by atoms with E-state index in [9.17, 15) is 15.3 Å². The van der Waals surface area contributed by atoms with Gasteiger partial charge in [-0.25, -0.2) is 0 Å². The van der Waals surface area contributed by atoms with Crippen LogP contribution in [-0.4, -0.2) is 15.3 Å². The summed E-state index contributed by atoms with van der Waals surface area (Å²) in [6, 6.07) is 99.0. The van der Waals surface area contributed by atoms with Gasteiger partial charge in [0, 0.05) is 84.6 Å². The molecule has 0 radical (unpaired) electrons. The van der Waals surface area contributed by atoms with Crippen LogP contribution in [0.15, 0.2) is 291 Å².